The summed E-state index contributed by atoms with van der Waals surface area (Å²) >= 11 is 0. The van der Waals surface area contributed by atoms with E-state index in [4.69, 9.17) is 4.74 Å². The van der Waals surface area contributed by atoms with Gasteiger partial charge in [-0.25, -0.2) is 0 Å². The Bertz CT molecular complexity index is 176. The highest BCUT2D eigenvalue weighted by Crippen LogP contribution is 2.05. The predicted molar refractivity (Wildman–Crippen MR) is 52.1 cm³/mol. The van der Waals surface area contributed by atoms with Crippen LogP contribution in [0.25, 0.3) is 0 Å². The standard InChI is InChI=1S/C4H8O4Si.C4H8O/c1-3(5)7-9-8-4(2)6;1-4-2-5-3-4/h9H2,1-2H3;4H,2-3H2,1H3. The lowest BCUT2D eigenvalue weighted by atomic mass is 10.2. The molecule has 0 aliphatic carbocycles. The van der Waals surface area contributed by atoms with Crippen molar-refractivity contribution < 1.29 is 23.2 Å². The average molecular weight is 220 g/mol. The zero-order valence-electron chi connectivity index (χ0n) is 8.74. The van der Waals surface area contributed by atoms with Gasteiger partial charge in [-0.1, -0.05) is 6.92 Å². The van der Waals surface area contributed by atoms with Crippen molar-refractivity contribution in [2.45, 2.75) is 20.8 Å². The fourth-order valence-electron chi connectivity index (χ4n) is 0.549. The first-order valence-corrected chi connectivity index (χ1v) is 5.52. The molecule has 0 amide bonds. The van der Waals surface area contributed by atoms with E-state index in [0.29, 0.717) is 0 Å². The van der Waals surface area contributed by atoms with Crippen molar-refractivity contribution in [3.8, 4) is 0 Å². The molecule has 14 heavy (non-hydrogen) atoms. The number of carbonyl (C=O) groups excluding carboxylic acids is 2. The van der Waals surface area contributed by atoms with Gasteiger partial charge in [-0.2, -0.15) is 0 Å². The van der Waals surface area contributed by atoms with Crippen molar-refractivity contribution in [2.75, 3.05) is 13.2 Å². The molecule has 0 unspecified atom stereocenters. The molecule has 1 aliphatic rings. The lowest BCUT2D eigenvalue weighted by molar-refractivity contribution is -0.136. The van der Waals surface area contributed by atoms with Gasteiger partial charge in [0.25, 0.3) is 11.9 Å². The van der Waals surface area contributed by atoms with E-state index >= 15 is 0 Å². The monoisotopic (exact) mass is 220 g/mol. The third-order valence-electron chi connectivity index (χ3n) is 1.33. The molecular formula is C8H16O5Si. The van der Waals surface area contributed by atoms with Gasteiger partial charge in [0, 0.05) is 19.8 Å². The van der Waals surface area contributed by atoms with E-state index in [9.17, 15) is 9.59 Å². The first-order valence-electron chi connectivity index (χ1n) is 4.37. The summed E-state index contributed by atoms with van der Waals surface area (Å²) in [4.78, 5) is 20.1. The van der Waals surface area contributed by atoms with Gasteiger partial charge in [-0.15, -0.1) is 0 Å². The summed E-state index contributed by atoms with van der Waals surface area (Å²) in [6, 6.07) is 0. The Morgan fingerprint density at radius 2 is 1.57 bits per heavy atom. The minimum atomic E-state index is -1.38. The Labute approximate surface area is 85.8 Å². The molecule has 0 atom stereocenters. The average Bonchev–Trinajstić information content (AvgIpc) is 2.00. The summed E-state index contributed by atoms with van der Waals surface area (Å²) < 4.78 is 13.7. The molecular weight excluding hydrogens is 204 g/mol. The molecule has 1 fully saturated rings. The molecule has 82 valence electrons. The second kappa shape index (κ2) is 7.51. The highest BCUT2D eigenvalue weighted by Gasteiger charge is 2.09. The van der Waals surface area contributed by atoms with Gasteiger partial charge < -0.3 is 13.6 Å². The van der Waals surface area contributed by atoms with E-state index in [1.165, 1.54) is 13.8 Å². The molecule has 1 saturated heterocycles. The van der Waals surface area contributed by atoms with E-state index in [1.54, 1.807) is 0 Å². The number of rotatable bonds is 2. The number of ether oxygens (including phenoxy) is 1. The fourth-order valence-corrected chi connectivity index (χ4v) is 0.940. The van der Waals surface area contributed by atoms with Crippen LogP contribution in [0, 0.1) is 5.92 Å². The molecule has 0 aromatic carbocycles. The van der Waals surface area contributed by atoms with Crippen LogP contribution in [0.1, 0.15) is 20.8 Å². The van der Waals surface area contributed by atoms with Crippen molar-refractivity contribution in [2.24, 2.45) is 5.92 Å². The topological polar surface area (TPSA) is 61.8 Å². The van der Waals surface area contributed by atoms with E-state index < -0.39 is 21.9 Å². The van der Waals surface area contributed by atoms with Crippen LogP contribution in [-0.4, -0.2) is 35.2 Å². The first kappa shape index (κ1) is 13.1. The Kier molecular flexibility index (Phi) is 7.04. The van der Waals surface area contributed by atoms with Crippen molar-refractivity contribution in [1.82, 2.24) is 0 Å². The zero-order valence-corrected chi connectivity index (χ0v) is 10.2. The molecule has 1 rings (SSSR count). The second-order valence-electron chi connectivity index (χ2n) is 3.03. The minimum Gasteiger partial charge on any atom is -0.490 e. The maximum absolute atomic E-state index is 10.0. The number of carbonyl (C=O) groups is 2. The smallest absolute Gasteiger partial charge is 0.431 e. The third-order valence-corrected chi connectivity index (χ3v) is 2.38. The van der Waals surface area contributed by atoms with Gasteiger partial charge in [0.15, 0.2) is 0 Å². The Morgan fingerprint density at radius 3 is 1.71 bits per heavy atom. The van der Waals surface area contributed by atoms with E-state index in [0.717, 1.165) is 19.1 Å². The largest absolute Gasteiger partial charge is 0.490 e. The Morgan fingerprint density at radius 1 is 1.21 bits per heavy atom. The van der Waals surface area contributed by atoms with E-state index in [2.05, 4.69) is 15.8 Å². The van der Waals surface area contributed by atoms with Crippen molar-refractivity contribution >= 4 is 21.9 Å². The third kappa shape index (κ3) is 9.21. The number of hydrogen-bond donors (Lipinski definition) is 0. The van der Waals surface area contributed by atoms with Crippen molar-refractivity contribution in [3.05, 3.63) is 0 Å². The predicted octanol–water partition coefficient (Wildman–Crippen LogP) is -0.236. The van der Waals surface area contributed by atoms with Gasteiger partial charge in [0.1, 0.15) is 0 Å². The van der Waals surface area contributed by atoms with Crippen LogP contribution in [0.5, 0.6) is 0 Å². The molecule has 0 aromatic rings. The highest BCUT2D eigenvalue weighted by molar-refractivity contribution is 6.25. The van der Waals surface area contributed by atoms with Crippen LogP contribution >= 0.6 is 0 Å². The van der Waals surface area contributed by atoms with Crippen molar-refractivity contribution in [3.63, 3.8) is 0 Å². The summed E-state index contributed by atoms with van der Waals surface area (Å²) in [6.45, 7) is 6.70. The maximum Gasteiger partial charge on any atom is 0.431 e. The molecule has 0 radical (unpaired) electrons. The Balaban J connectivity index is 0.000000280. The SMILES string of the molecule is CC(=O)O[SiH2]OC(C)=O.CC1COC1. The van der Waals surface area contributed by atoms with Gasteiger partial charge in [-0.05, 0) is 0 Å². The normalized spacial score (nSPS) is 14.5. The summed E-state index contributed by atoms with van der Waals surface area (Å²) in [6.07, 6.45) is 0. The molecule has 0 bridgehead atoms. The Hall–Kier alpha value is -0.883. The summed E-state index contributed by atoms with van der Waals surface area (Å²) in [7, 11) is -1.38. The second-order valence-corrected chi connectivity index (χ2v) is 3.85. The van der Waals surface area contributed by atoms with Gasteiger partial charge >= 0.3 is 10.0 Å². The highest BCUT2D eigenvalue weighted by atomic mass is 28.3. The summed E-state index contributed by atoms with van der Waals surface area (Å²) in [5.41, 5.74) is 0. The molecule has 1 aliphatic heterocycles. The van der Waals surface area contributed by atoms with Gasteiger partial charge in [-0.3, -0.25) is 9.59 Å². The van der Waals surface area contributed by atoms with Gasteiger partial charge in [0.05, 0.1) is 13.2 Å². The van der Waals surface area contributed by atoms with Crippen LogP contribution in [0.2, 0.25) is 0 Å². The molecule has 6 heteroatoms. The van der Waals surface area contributed by atoms with Crippen LogP contribution < -0.4 is 0 Å². The minimum absolute atomic E-state index is 0.400. The van der Waals surface area contributed by atoms with E-state index in [1.807, 2.05) is 0 Å². The molecule has 1 heterocycles. The lowest BCUT2D eigenvalue weighted by Crippen LogP contribution is -2.23. The van der Waals surface area contributed by atoms with Crippen LogP contribution in [-0.2, 0) is 23.2 Å². The molecule has 0 spiro atoms. The quantitative estimate of drug-likeness (QED) is 0.601. The molecule has 0 N–H and O–H groups in total. The summed E-state index contributed by atoms with van der Waals surface area (Å²) in [5.74, 6) is 0.0424. The van der Waals surface area contributed by atoms with Crippen molar-refractivity contribution in [1.29, 1.82) is 0 Å². The number of hydrogen-bond acceptors (Lipinski definition) is 5. The maximum atomic E-state index is 10.0. The fraction of sp³-hybridized carbons (Fsp3) is 0.750. The first-order chi connectivity index (χ1) is 6.52. The van der Waals surface area contributed by atoms with Gasteiger partial charge in [0.2, 0.25) is 0 Å². The zero-order chi connectivity index (χ0) is 11.0. The molecule has 0 aromatic heterocycles. The van der Waals surface area contributed by atoms with E-state index in [-0.39, 0.29) is 0 Å². The van der Waals surface area contributed by atoms with Crippen LogP contribution in [0.4, 0.5) is 0 Å². The molecule has 0 saturated carbocycles. The van der Waals surface area contributed by atoms with Crippen LogP contribution in [0.3, 0.4) is 0 Å². The molecule has 5 nitrogen and oxygen atoms in total. The summed E-state index contributed by atoms with van der Waals surface area (Å²) in [5, 5.41) is 0. The van der Waals surface area contributed by atoms with Crippen LogP contribution in [0.15, 0.2) is 0 Å². The lowest BCUT2D eigenvalue weighted by Gasteiger charge is -2.20.